The first-order valence-electron chi connectivity index (χ1n) is 7.58. The summed E-state index contributed by atoms with van der Waals surface area (Å²) in [6, 6.07) is 5.92. The summed E-state index contributed by atoms with van der Waals surface area (Å²) in [4.78, 5) is 23.2. The van der Waals surface area contributed by atoms with Gasteiger partial charge in [-0.15, -0.1) is 0 Å². The van der Waals surface area contributed by atoms with Crippen molar-refractivity contribution in [2.24, 2.45) is 11.1 Å². The average molecular weight is 380 g/mol. The molecule has 0 aliphatic carbocycles. The van der Waals surface area contributed by atoms with Crippen LogP contribution in [0.3, 0.4) is 0 Å². The monoisotopic (exact) mass is 380 g/mol. The topological polar surface area (TPSA) is 162 Å². The highest BCUT2D eigenvalue weighted by atomic mass is 32.2. The van der Waals surface area contributed by atoms with Crippen LogP contribution in [0.15, 0.2) is 40.9 Å². The highest BCUT2D eigenvalue weighted by Crippen LogP contribution is 2.13. The van der Waals surface area contributed by atoms with Crippen molar-refractivity contribution in [2.75, 3.05) is 5.32 Å². The molecule has 0 fully saturated rings. The molecule has 5 N–H and O–H groups in total. The molecular weight excluding hydrogens is 360 g/mol. The highest BCUT2D eigenvalue weighted by molar-refractivity contribution is 7.89. The van der Waals surface area contributed by atoms with Crippen molar-refractivity contribution in [3.05, 3.63) is 36.0 Å². The predicted molar refractivity (Wildman–Crippen MR) is 94.2 cm³/mol. The second-order valence-electron chi connectivity index (χ2n) is 5.88. The molecule has 10 heteroatoms. The Morgan fingerprint density at radius 3 is 2.31 bits per heavy atom. The summed E-state index contributed by atoms with van der Waals surface area (Å²) in [6.07, 6.45) is 1.33. The summed E-state index contributed by atoms with van der Waals surface area (Å²) in [6.45, 7) is 3.63. The summed E-state index contributed by atoms with van der Waals surface area (Å²) in [5, 5.41) is 28.2. The van der Waals surface area contributed by atoms with Crippen molar-refractivity contribution < 1.29 is 23.1 Å². The number of nitrogens with one attached hydrogen (secondary N) is 2. The Labute approximate surface area is 151 Å². The fraction of sp³-hybridized carbons (Fsp3) is 0.312. The Morgan fingerprint density at radius 1 is 1.31 bits per heavy atom. The Bertz CT molecular complexity index is 838. The van der Waals surface area contributed by atoms with E-state index >= 15 is 0 Å². The smallest absolute Gasteiger partial charge is 0.326 e. The number of nitrogens with zero attached hydrogens (tertiary/aromatic N) is 1. The lowest BCUT2D eigenvalue weighted by Gasteiger charge is -2.16. The molecule has 0 radical (unpaired) electrons. The highest BCUT2D eigenvalue weighted by Gasteiger charge is 2.22. The van der Waals surface area contributed by atoms with Gasteiger partial charge >= 0.3 is 5.97 Å². The molecule has 1 aromatic rings. The number of benzene rings is 1. The van der Waals surface area contributed by atoms with E-state index in [0.717, 1.165) is 6.20 Å². The van der Waals surface area contributed by atoms with Crippen LogP contribution in [0.5, 0.6) is 0 Å². The Hall–Kier alpha value is -2.90. The SMILES string of the molecule is CC(C)CC(NC(=O)/C(C#N)=C\Nc1ccc(S(N)(=O)=O)cc1)C(=O)O. The van der Waals surface area contributed by atoms with Gasteiger partial charge in [0.05, 0.1) is 4.90 Å². The molecule has 26 heavy (non-hydrogen) atoms. The lowest BCUT2D eigenvalue weighted by atomic mass is 10.0. The van der Waals surface area contributed by atoms with E-state index in [2.05, 4.69) is 10.6 Å². The minimum Gasteiger partial charge on any atom is -0.480 e. The van der Waals surface area contributed by atoms with Crippen molar-refractivity contribution in [3.63, 3.8) is 0 Å². The number of carboxylic acid groups (broad SMARTS) is 1. The van der Waals surface area contributed by atoms with E-state index in [1.807, 2.05) is 13.8 Å². The average Bonchev–Trinajstić information content (AvgIpc) is 2.54. The van der Waals surface area contributed by atoms with Gasteiger partial charge in [-0.05, 0) is 36.6 Å². The van der Waals surface area contributed by atoms with Gasteiger partial charge in [0.2, 0.25) is 10.0 Å². The van der Waals surface area contributed by atoms with Crippen molar-refractivity contribution in [1.82, 2.24) is 5.32 Å². The lowest BCUT2D eigenvalue weighted by Crippen LogP contribution is -2.42. The molecule has 1 unspecified atom stereocenters. The van der Waals surface area contributed by atoms with Crippen LogP contribution in [-0.4, -0.2) is 31.4 Å². The van der Waals surface area contributed by atoms with Gasteiger partial charge < -0.3 is 15.7 Å². The Kier molecular flexibility index (Phi) is 7.30. The molecule has 0 heterocycles. The van der Waals surface area contributed by atoms with Crippen LogP contribution in [0.2, 0.25) is 0 Å². The van der Waals surface area contributed by atoms with E-state index in [1.54, 1.807) is 6.07 Å². The quantitative estimate of drug-likeness (QED) is 0.382. The molecular formula is C16H20N4O5S. The van der Waals surface area contributed by atoms with Crippen LogP contribution >= 0.6 is 0 Å². The van der Waals surface area contributed by atoms with E-state index in [1.165, 1.54) is 24.3 Å². The van der Waals surface area contributed by atoms with E-state index in [4.69, 9.17) is 15.5 Å². The molecule has 0 aromatic heterocycles. The summed E-state index contributed by atoms with van der Waals surface area (Å²) in [5.74, 6) is -1.97. The molecule has 1 rings (SSSR count). The number of nitriles is 1. The van der Waals surface area contributed by atoms with Crippen LogP contribution in [0, 0.1) is 17.2 Å². The van der Waals surface area contributed by atoms with Crippen LogP contribution in [0.4, 0.5) is 5.69 Å². The van der Waals surface area contributed by atoms with Crippen molar-refractivity contribution in [1.29, 1.82) is 5.26 Å². The number of hydrogen-bond donors (Lipinski definition) is 4. The maximum absolute atomic E-state index is 12.1. The third kappa shape index (κ3) is 6.54. The minimum absolute atomic E-state index is 0.0429. The molecule has 0 bridgehead atoms. The summed E-state index contributed by atoms with van der Waals surface area (Å²) in [7, 11) is -3.82. The fourth-order valence-corrected chi connectivity index (χ4v) is 2.49. The first-order chi connectivity index (χ1) is 12.0. The number of rotatable bonds is 8. The van der Waals surface area contributed by atoms with E-state index in [9.17, 15) is 18.0 Å². The maximum atomic E-state index is 12.1. The zero-order valence-electron chi connectivity index (χ0n) is 14.3. The van der Waals surface area contributed by atoms with E-state index < -0.39 is 27.9 Å². The molecule has 1 aromatic carbocycles. The Morgan fingerprint density at radius 2 is 1.88 bits per heavy atom. The zero-order valence-corrected chi connectivity index (χ0v) is 15.1. The van der Waals surface area contributed by atoms with Crippen LogP contribution in [-0.2, 0) is 19.6 Å². The number of amides is 1. The number of sulfonamides is 1. The molecule has 0 saturated heterocycles. The van der Waals surface area contributed by atoms with Gasteiger partial charge in [0.15, 0.2) is 0 Å². The number of anilines is 1. The van der Waals surface area contributed by atoms with Crippen molar-refractivity contribution in [3.8, 4) is 6.07 Å². The molecule has 0 saturated carbocycles. The van der Waals surface area contributed by atoms with Crippen LogP contribution in [0.1, 0.15) is 20.3 Å². The lowest BCUT2D eigenvalue weighted by molar-refractivity contribution is -0.141. The number of hydrogen-bond acceptors (Lipinski definition) is 6. The van der Waals surface area contributed by atoms with Gasteiger partial charge in [-0.3, -0.25) is 4.79 Å². The van der Waals surface area contributed by atoms with Gasteiger partial charge in [0.1, 0.15) is 17.7 Å². The van der Waals surface area contributed by atoms with Gasteiger partial charge in [0, 0.05) is 11.9 Å². The number of carboxylic acids is 1. The van der Waals surface area contributed by atoms with Crippen molar-refractivity contribution >= 4 is 27.6 Å². The van der Waals surface area contributed by atoms with Gasteiger partial charge in [-0.25, -0.2) is 18.4 Å². The fourth-order valence-electron chi connectivity index (χ4n) is 1.97. The number of carbonyl (C=O) groups is 2. The number of primary sulfonamides is 1. The summed E-state index contributed by atoms with van der Waals surface area (Å²) < 4.78 is 22.4. The Balaban J connectivity index is 2.85. The number of aliphatic carboxylic acids is 1. The number of carbonyl (C=O) groups excluding carboxylic acids is 1. The summed E-state index contributed by atoms with van der Waals surface area (Å²) >= 11 is 0. The normalized spacial score (nSPS) is 13.0. The maximum Gasteiger partial charge on any atom is 0.326 e. The third-order valence-electron chi connectivity index (χ3n) is 3.24. The largest absolute Gasteiger partial charge is 0.480 e. The van der Waals surface area contributed by atoms with Gasteiger partial charge in [-0.1, -0.05) is 13.8 Å². The second kappa shape index (κ2) is 8.98. The minimum atomic E-state index is -3.82. The first-order valence-corrected chi connectivity index (χ1v) is 9.12. The first kappa shape index (κ1) is 21.1. The number of nitrogens with two attached hydrogens (primary N) is 1. The van der Waals surface area contributed by atoms with E-state index in [-0.39, 0.29) is 22.8 Å². The third-order valence-corrected chi connectivity index (χ3v) is 4.17. The van der Waals surface area contributed by atoms with Gasteiger partial charge in [-0.2, -0.15) is 5.26 Å². The molecule has 1 amide bonds. The zero-order chi connectivity index (χ0) is 19.9. The molecule has 0 spiro atoms. The standard InChI is InChI=1S/C16H20N4O5S/c1-10(2)7-14(16(22)23)20-15(21)11(8-17)9-19-12-3-5-13(6-4-12)26(18,24)25/h3-6,9-10,14,19H,7H2,1-2H3,(H,20,21)(H,22,23)(H2,18,24,25)/b11-9-. The van der Waals surface area contributed by atoms with Crippen LogP contribution in [0.25, 0.3) is 0 Å². The molecule has 140 valence electrons. The van der Waals surface area contributed by atoms with Crippen LogP contribution < -0.4 is 15.8 Å². The molecule has 0 aliphatic heterocycles. The second-order valence-corrected chi connectivity index (χ2v) is 7.44. The van der Waals surface area contributed by atoms with Gasteiger partial charge in [0.25, 0.3) is 5.91 Å². The predicted octanol–water partition coefficient (Wildman–Crippen LogP) is 0.769. The molecule has 9 nitrogen and oxygen atoms in total. The summed E-state index contributed by atoms with van der Waals surface area (Å²) in [5.41, 5.74) is 0.0884. The van der Waals surface area contributed by atoms with E-state index in [0.29, 0.717) is 5.69 Å². The molecule has 1 atom stereocenters. The molecule has 0 aliphatic rings. The van der Waals surface area contributed by atoms with Crippen molar-refractivity contribution in [2.45, 2.75) is 31.2 Å².